The summed E-state index contributed by atoms with van der Waals surface area (Å²) in [4.78, 5) is 21.7. The van der Waals surface area contributed by atoms with E-state index in [-0.39, 0.29) is 11.3 Å². The Kier molecular flexibility index (Phi) is 3.51. The standard InChI is InChI=1S/C14H15N3O4/c1-14(2,3)12-11(13(18)19)8-15-16(12)9-5-4-6-10(7-9)17(20)21/h4-8H,1-3H3,(H,18,19). The van der Waals surface area contributed by atoms with Gasteiger partial charge in [0.15, 0.2) is 0 Å². The normalized spacial score (nSPS) is 11.4. The number of non-ortho nitro benzene ring substituents is 1. The van der Waals surface area contributed by atoms with Gasteiger partial charge in [-0.25, -0.2) is 9.48 Å². The quantitative estimate of drug-likeness (QED) is 0.692. The number of nitrogens with zero attached hydrogens (tertiary/aromatic N) is 3. The molecule has 0 radical (unpaired) electrons. The monoisotopic (exact) mass is 289 g/mol. The number of carboxylic acid groups (broad SMARTS) is 1. The summed E-state index contributed by atoms with van der Waals surface area (Å²) in [5.74, 6) is -1.07. The lowest BCUT2D eigenvalue weighted by atomic mass is 9.89. The second kappa shape index (κ2) is 5.01. The van der Waals surface area contributed by atoms with Crippen LogP contribution in [0.5, 0.6) is 0 Å². The van der Waals surface area contributed by atoms with Crippen molar-refractivity contribution in [2.45, 2.75) is 26.2 Å². The Balaban J connectivity index is 2.67. The van der Waals surface area contributed by atoms with E-state index < -0.39 is 16.3 Å². The molecule has 0 bridgehead atoms. The largest absolute Gasteiger partial charge is 0.478 e. The van der Waals surface area contributed by atoms with Gasteiger partial charge in [-0.2, -0.15) is 5.10 Å². The molecular formula is C14H15N3O4. The molecule has 7 heteroatoms. The lowest BCUT2D eigenvalue weighted by molar-refractivity contribution is -0.384. The first-order chi connectivity index (χ1) is 9.71. The molecule has 1 aromatic heterocycles. The van der Waals surface area contributed by atoms with Gasteiger partial charge in [-0.3, -0.25) is 10.1 Å². The van der Waals surface area contributed by atoms with E-state index >= 15 is 0 Å². The summed E-state index contributed by atoms with van der Waals surface area (Å²) in [6, 6.07) is 5.94. The van der Waals surface area contributed by atoms with Gasteiger partial charge in [0.1, 0.15) is 5.56 Å². The van der Waals surface area contributed by atoms with Crippen LogP contribution in [0.3, 0.4) is 0 Å². The third-order valence-electron chi connectivity index (χ3n) is 3.00. The van der Waals surface area contributed by atoms with E-state index in [4.69, 9.17) is 0 Å². The topological polar surface area (TPSA) is 98.3 Å². The number of nitro groups is 1. The van der Waals surface area contributed by atoms with E-state index in [1.54, 1.807) is 12.1 Å². The summed E-state index contributed by atoms with van der Waals surface area (Å²) in [6.07, 6.45) is 1.27. The molecule has 0 amide bonds. The minimum Gasteiger partial charge on any atom is -0.478 e. The van der Waals surface area contributed by atoms with E-state index in [2.05, 4.69) is 5.10 Å². The average Bonchev–Trinajstić information content (AvgIpc) is 2.83. The van der Waals surface area contributed by atoms with Gasteiger partial charge in [0.25, 0.3) is 5.69 Å². The Bertz CT molecular complexity index is 713. The molecule has 0 saturated heterocycles. The molecule has 2 aromatic rings. The zero-order chi connectivity index (χ0) is 15.8. The predicted octanol–water partition coefficient (Wildman–Crippen LogP) is 2.78. The third kappa shape index (κ3) is 2.76. The van der Waals surface area contributed by atoms with E-state index in [0.717, 1.165) is 0 Å². The Labute approximate surface area is 121 Å². The molecule has 110 valence electrons. The van der Waals surface area contributed by atoms with Crippen LogP contribution in [-0.2, 0) is 5.41 Å². The maximum Gasteiger partial charge on any atom is 0.339 e. The summed E-state index contributed by atoms with van der Waals surface area (Å²) in [5, 5.41) is 24.2. The first-order valence-corrected chi connectivity index (χ1v) is 6.28. The molecule has 2 rings (SSSR count). The molecule has 0 fully saturated rings. The smallest absolute Gasteiger partial charge is 0.339 e. The Morgan fingerprint density at radius 1 is 1.38 bits per heavy atom. The molecule has 0 saturated carbocycles. The zero-order valence-corrected chi connectivity index (χ0v) is 11.9. The maximum atomic E-state index is 11.3. The number of aromatic carboxylic acids is 1. The molecule has 7 nitrogen and oxygen atoms in total. The van der Waals surface area contributed by atoms with Crippen LogP contribution >= 0.6 is 0 Å². The second-order valence-corrected chi connectivity index (χ2v) is 5.65. The van der Waals surface area contributed by atoms with Gasteiger partial charge in [-0.1, -0.05) is 26.8 Å². The van der Waals surface area contributed by atoms with Crippen molar-refractivity contribution in [2.75, 3.05) is 0 Å². The van der Waals surface area contributed by atoms with Crippen LogP contribution < -0.4 is 0 Å². The fourth-order valence-electron chi connectivity index (χ4n) is 2.16. The van der Waals surface area contributed by atoms with Crippen molar-refractivity contribution in [1.29, 1.82) is 0 Å². The minimum absolute atomic E-state index is 0.0697. The van der Waals surface area contributed by atoms with Crippen molar-refractivity contribution in [2.24, 2.45) is 0 Å². The second-order valence-electron chi connectivity index (χ2n) is 5.65. The molecule has 0 spiro atoms. The van der Waals surface area contributed by atoms with Crippen LogP contribution in [0.1, 0.15) is 36.8 Å². The number of hydrogen-bond donors (Lipinski definition) is 1. The Morgan fingerprint density at radius 2 is 2.05 bits per heavy atom. The first kappa shape index (κ1) is 14.7. The van der Waals surface area contributed by atoms with Crippen molar-refractivity contribution in [3.63, 3.8) is 0 Å². The number of aromatic nitrogens is 2. The summed E-state index contributed by atoms with van der Waals surface area (Å²) < 4.78 is 1.44. The van der Waals surface area contributed by atoms with Crippen LogP contribution in [0.4, 0.5) is 5.69 Å². The highest BCUT2D eigenvalue weighted by Gasteiger charge is 2.28. The van der Waals surface area contributed by atoms with Crippen molar-refractivity contribution < 1.29 is 14.8 Å². The first-order valence-electron chi connectivity index (χ1n) is 6.28. The lowest BCUT2D eigenvalue weighted by Crippen LogP contribution is -2.21. The van der Waals surface area contributed by atoms with Crippen LogP contribution in [0.25, 0.3) is 5.69 Å². The lowest BCUT2D eigenvalue weighted by Gasteiger charge is -2.21. The van der Waals surface area contributed by atoms with Crippen LogP contribution in [0.15, 0.2) is 30.5 Å². The van der Waals surface area contributed by atoms with E-state index in [1.165, 1.54) is 23.0 Å². The molecule has 0 aliphatic heterocycles. The Morgan fingerprint density at radius 3 is 2.57 bits per heavy atom. The highest BCUT2D eigenvalue weighted by atomic mass is 16.6. The van der Waals surface area contributed by atoms with E-state index in [0.29, 0.717) is 11.4 Å². The van der Waals surface area contributed by atoms with Gasteiger partial charge in [0, 0.05) is 17.5 Å². The molecule has 21 heavy (non-hydrogen) atoms. The van der Waals surface area contributed by atoms with Crippen molar-refractivity contribution in [3.8, 4) is 5.69 Å². The van der Waals surface area contributed by atoms with E-state index in [1.807, 2.05) is 20.8 Å². The van der Waals surface area contributed by atoms with Gasteiger partial charge in [-0.05, 0) is 6.07 Å². The van der Waals surface area contributed by atoms with Gasteiger partial charge in [0.05, 0.1) is 22.5 Å². The van der Waals surface area contributed by atoms with Gasteiger partial charge in [0.2, 0.25) is 0 Å². The zero-order valence-electron chi connectivity index (χ0n) is 11.9. The highest BCUT2D eigenvalue weighted by Crippen LogP contribution is 2.29. The van der Waals surface area contributed by atoms with Crippen molar-refractivity contribution in [1.82, 2.24) is 9.78 Å². The number of carbonyl (C=O) groups is 1. The number of rotatable bonds is 3. The summed E-state index contributed by atoms with van der Waals surface area (Å²) in [6.45, 7) is 5.60. The molecule has 1 N–H and O–H groups in total. The van der Waals surface area contributed by atoms with Crippen LogP contribution in [-0.4, -0.2) is 25.8 Å². The summed E-state index contributed by atoms with van der Waals surface area (Å²) in [7, 11) is 0. The summed E-state index contributed by atoms with van der Waals surface area (Å²) in [5.41, 5.74) is 0.500. The molecule has 0 aliphatic rings. The van der Waals surface area contributed by atoms with Gasteiger partial charge >= 0.3 is 5.97 Å². The Hall–Kier alpha value is -2.70. The average molecular weight is 289 g/mol. The fourth-order valence-corrected chi connectivity index (χ4v) is 2.16. The molecule has 0 atom stereocenters. The fraction of sp³-hybridized carbons (Fsp3) is 0.286. The van der Waals surface area contributed by atoms with Crippen LogP contribution in [0.2, 0.25) is 0 Å². The van der Waals surface area contributed by atoms with Crippen molar-refractivity contribution >= 4 is 11.7 Å². The molecule has 1 heterocycles. The molecule has 0 unspecified atom stereocenters. The number of carboxylic acids is 1. The molecule has 1 aromatic carbocycles. The number of hydrogen-bond acceptors (Lipinski definition) is 4. The summed E-state index contributed by atoms with van der Waals surface area (Å²) >= 11 is 0. The SMILES string of the molecule is CC(C)(C)c1c(C(=O)O)cnn1-c1cccc([N+](=O)[O-])c1. The van der Waals surface area contributed by atoms with Gasteiger partial charge in [-0.15, -0.1) is 0 Å². The predicted molar refractivity (Wildman–Crippen MR) is 75.9 cm³/mol. The number of nitro benzene ring substituents is 1. The molecular weight excluding hydrogens is 274 g/mol. The van der Waals surface area contributed by atoms with E-state index in [9.17, 15) is 20.0 Å². The van der Waals surface area contributed by atoms with Crippen LogP contribution in [0, 0.1) is 10.1 Å². The maximum absolute atomic E-state index is 11.3. The van der Waals surface area contributed by atoms with Gasteiger partial charge < -0.3 is 5.11 Å². The third-order valence-corrected chi connectivity index (χ3v) is 3.00. The highest BCUT2D eigenvalue weighted by molar-refractivity contribution is 5.89. The minimum atomic E-state index is -1.07. The number of benzene rings is 1. The van der Waals surface area contributed by atoms with Crippen molar-refractivity contribution in [3.05, 3.63) is 51.8 Å². The molecule has 0 aliphatic carbocycles.